The molecule has 1 rings (SSSR count). The van der Waals surface area contributed by atoms with Gasteiger partial charge in [-0.05, 0) is 31.7 Å². The first-order chi connectivity index (χ1) is 7.22. The highest BCUT2D eigenvalue weighted by molar-refractivity contribution is 5.76. The van der Waals surface area contributed by atoms with Crippen LogP contribution in [0.15, 0.2) is 0 Å². The number of nitrogens with one attached hydrogen (secondary N) is 1. The number of nitrogens with two attached hydrogens (primary N) is 1. The van der Waals surface area contributed by atoms with E-state index >= 15 is 0 Å². The quantitative estimate of drug-likeness (QED) is 0.612. The van der Waals surface area contributed by atoms with E-state index in [0.717, 1.165) is 12.8 Å². The molecule has 88 valence electrons. The molecule has 1 aliphatic carbocycles. The Labute approximate surface area is 91.5 Å². The molecule has 1 amide bonds. The van der Waals surface area contributed by atoms with Crippen LogP contribution >= 0.6 is 0 Å². The lowest BCUT2D eigenvalue weighted by Gasteiger charge is -2.40. The summed E-state index contributed by atoms with van der Waals surface area (Å²) in [6.45, 7) is 4.47. The van der Waals surface area contributed by atoms with Gasteiger partial charge in [0.05, 0.1) is 6.61 Å². The maximum atomic E-state index is 11.6. The molecule has 0 spiro atoms. The van der Waals surface area contributed by atoms with Crippen molar-refractivity contribution < 1.29 is 9.53 Å². The highest BCUT2D eigenvalue weighted by Crippen LogP contribution is 2.42. The Morgan fingerprint density at radius 3 is 2.73 bits per heavy atom. The van der Waals surface area contributed by atoms with Crippen molar-refractivity contribution in [1.29, 1.82) is 0 Å². The summed E-state index contributed by atoms with van der Waals surface area (Å²) in [7, 11) is 0. The van der Waals surface area contributed by atoms with Crippen LogP contribution in [0, 0.1) is 5.41 Å². The average molecular weight is 214 g/mol. The van der Waals surface area contributed by atoms with Gasteiger partial charge < -0.3 is 15.8 Å². The second-order valence-corrected chi connectivity index (χ2v) is 4.28. The normalized spacial score (nSPS) is 18.3. The number of carbonyl (C=O) groups excluding carboxylic acids is 1. The third-order valence-corrected chi connectivity index (χ3v) is 3.16. The summed E-state index contributed by atoms with van der Waals surface area (Å²) in [4.78, 5) is 11.6. The van der Waals surface area contributed by atoms with Crippen LogP contribution in [-0.4, -0.2) is 32.2 Å². The van der Waals surface area contributed by atoms with Crippen LogP contribution in [0.4, 0.5) is 0 Å². The molecule has 0 atom stereocenters. The van der Waals surface area contributed by atoms with E-state index in [1.54, 1.807) is 0 Å². The van der Waals surface area contributed by atoms with Crippen LogP contribution in [0.3, 0.4) is 0 Å². The minimum Gasteiger partial charge on any atom is -0.380 e. The molecule has 0 heterocycles. The Bertz CT molecular complexity index is 197. The Kier molecular flexibility index (Phi) is 5.05. The predicted octanol–water partition coefficient (Wildman–Crippen LogP) is 0.658. The first-order valence-electron chi connectivity index (χ1n) is 5.77. The van der Waals surface area contributed by atoms with E-state index in [1.807, 2.05) is 6.92 Å². The summed E-state index contributed by atoms with van der Waals surface area (Å²) in [5.41, 5.74) is 5.80. The first-order valence-corrected chi connectivity index (χ1v) is 5.77. The van der Waals surface area contributed by atoms with Gasteiger partial charge in [0.2, 0.25) is 5.91 Å². The topological polar surface area (TPSA) is 64.3 Å². The molecule has 0 unspecified atom stereocenters. The maximum Gasteiger partial charge on any atom is 0.220 e. The van der Waals surface area contributed by atoms with Crippen molar-refractivity contribution in [3.8, 4) is 0 Å². The van der Waals surface area contributed by atoms with Gasteiger partial charge in [0.1, 0.15) is 0 Å². The minimum atomic E-state index is 0.107. The molecular weight excluding hydrogens is 192 g/mol. The highest BCUT2D eigenvalue weighted by atomic mass is 16.5. The molecule has 0 aromatic carbocycles. The van der Waals surface area contributed by atoms with Crippen molar-refractivity contribution in [1.82, 2.24) is 5.32 Å². The van der Waals surface area contributed by atoms with Crippen LogP contribution in [0.2, 0.25) is 0 Å². The Morgan fingerprint density at radius 2 is 2.27 bits per heavy atom. The van der Waals surface area contributed by atoms with Crippen molar-refractivity contribution in [2.45, 2.75) is 32.6 Å². The highest BCUT2D eigenvalue weighted by Gasteiger charge is 2.37. The van der Waals surface area contributed by atoms with Gasteiger partial charge in [-0.1, -0.05) is 6.42 Å². The van der Waals surface area contributed by atoms with Gasteiger partial charge >= 0.3 is 0 Å². The summed E-state index contributed by atoms with van der Waals surface area (Å²) in [6.07, 6.45) is 3.99. The molecule has 15 heavy (non-hydrogen) atoms. The zero-order chi connectivity index (χ0) is 11.1. The fourth-order valence-electron chi connectivity index (χ4n) is 1.94. The number of amides is 1. The van der Waals surface area contributed by atoms with Crippen molar-refractivity contribution in [2.24, 2.45) is 11.1 Å². The molecule has 1 aliphatic rings. The molecule has 0 bridgehead atoms. The summed E-state index contributed by atoms with van der Waals surface area (Å²) in [5, 5.41) is 2.86. The van der Waals surface area contributed by atoms with Crippen LogP contribution in [0.25, 0.3) is 0 Å². The van der Waals surface area contributed by atoms with E-state index < -0.39 is 0 Å². The molecular formula is C11H22N2O2. The van der Waals surface area contributed by atoms with E-state index in [-0.39, 0.29) is 11.3 Å². The minimum absolute atomic E-state index is 0.107. The molecule has 1 fully saturated rings. The summed E-state index contributed by atoms with van der Waals surface area (Å²) in [6, 6.07) is 0. The van der Waals surface area contributed by atoms with Gasteiger partial charge in [-0.25, -0.2) is 0 Å². The SMILES string of the molecule is CCOCCNC(=O)CC1(CN)CCC1. The van der Waals surface area contributed by atoms with E-state index in [0.29, 0.717) is 32.7 Å². The molecule has 3 N–H and O–H groups in total. The molecule has 0 saturated heterocycles. The number of carbonyl (C=O) groups is 1. The molecule has 0 radical (unpaired) electrons. The molecule has 0 aromatic heterocycles. The van der Waals surface area contributed by atoms with Crippen LogP contribution in [0.1, 0.15) is 32.6 Å². The summed E-state index contributed by atoms with van der Waals surface area (Å²) < 4.78 is 5.14. The van der Waals surface area contributed by atoms with E-state index in [2.05, 4.69) is 5.32 Å². The van der Waals surface area contributed by atoms with Gasteiger partial charge in [0.15, 0.2) is 0 Å². The monoisotopic (exact) mass is 214 g/mol. The van der Waals surface area contributed by atoms with Crippen molar-refractivity contribution in [3.05, 3.63) is 0 Å². The first kappa shape index (κ1) is 12.5. The van der Waals surface area contributed by atoms with Crippen molar-refractivity contribution >= 4 is 5.91 Å². The Morgan fingerprint density at radius 1 is 1.53 bits per heavy atom. The van der Waals surface area contributed by atoms with Gasteiger partial charge in [-0.15, -0.1) is 0 Å². The van der Waals surface area contributed by atoms with E-state index in [9.17, 15) is 4.79 Å². The van der Waals surface area contributed by atoms with Crippen molar-refractivity contribution in [2.75, 3.05) is 26.3 Å². The maximum absolute atomic E-state index is 11.6. The summed E-state index contributed by atoms with van der Waals surface area (Å²) >= 11 is 0. The van der Waals surface area contributed by atoms with Gasteiger partial charge in [-0.3, -0.25) is 4.79 Å². The molecule has 0 aliphatic heterocycles. The summed E-state index contributed by atoms with van der Waals surface area (Å²) in [5.74, 6) is 0.111. The number of ether oxygens (including phenoxy) is 1. The fraction of sp³-hybridized carbons (Fsp3) is 0.909. The molecule has 4 nitrogen and oxygen atoms in total. The molecule has 0 aromatic rings. The van der Waals surface area contributed by atoms with E-state index in [1.165, 1.54) is 6.42 Å². The van der Waals surface area contributed by atoms with Crippen LogP contribution in [-0.2, 0) is 9.53 Å². The smallest absolute Gasteiger partial charge is 0.220 e. The lowest BCUT2D eigenvalue weighted by molar-refractivity contribution is -0.124. The number of hydrogen-bond acceptors (Lipinski definition) is 3. The average Bonchev–Trinajstić information content (AvgIpc) is 2.18. The van der Waals surface area contributed by atoms with Gasteiger partial charge in [-0.2, -0.15) is 0 Å². The predicted molar refractivity (Wildman–Crippen MR) is 59.5 cm³/mol. The van der Waals surface area contributed by atoms with Crippen LogP contribution in [0.5, 0.6) is 0 Å². The standard InChI is InChI=1S/C11H22N2O2/c1-2-15-7-6-13-10(14)8-11(9-12)4-3-5-11/h2-9,12H2,1H3,(H,13,14). The van der Waals surface area contributed by atoms with E-state index in [4.69, 9.17) is 10.5 Å². The number of rotatable bonds is 7. The second kappa shape index (κ2) is 6.08. The van der Waals surface area contributed by atoms with Crippen molar-refractivity contribution in [3.63, 3.8) is 0 Å². The Balaban J connectivity index is 2.12. The zero-order valence-corrected chi connectivity index (χ0v) is 9.55. The lowest BCUT2D eigenvalue weighted by Crippen LogP contribution is -2.42. The van der Waals surface area contributed by atoms with Gasteiger partial charge in [0, 0.05) is 19.6 Å². The second-order valence-electron chi connectivity index (χ2n) is 4.28. The molecule has 1 saturated carbocycles. The lowest BCUT2D eigenvalue weighted by atomic mass is 9.66. The number of hydrogen-bond donors (Lipinski definition) is 2. The zero-order valence-electron chi connectivity index (χ0n) is 9.55. The van der Waals surface area contributed by atoms with Gasteiger partial charge in [0.25, 0.3) is 0 Å². The third kappa shape index (κ3) is 3.80. The largest absolute Gasteiger partial charge is 0.380 e. The Hall–Kier alpha value is -0.610. The third-order valence-electron chi connectivity index (χ3n) is 3.16. The fourth-order valence-corrected chi connectivity index (χ4v) is 1.94. The molecule has 4 heteroatoms. The van der Waals surface area contributed by atoms with Crippen LogP contribution < -0.4 is 11.1 Å².